The van der Waals surface area contributed by atoms with Crippen LogP contribution in [0.3, 0.4) is 0 Å². The number of halogens is 1. The van der Waals surface area contributed by atoms with Gasteiger partial charge in [-0.05, 0) is 42.7 Å². The standard InChI is InChI=1S/C24H24FNO4/c1-4-6-20(24(28)29)21(5-2)26-23(27)14-9-16-7-10-17(11-8-16)19-13-12-18(25)15-22(19)30-3/h4-8,10-13,15H,1,9,14H2,2-3H3,(H,26,27)(H,28,29)/b20-6+,21-5+. The fraction of sp³-hybridized carbons (Fsp3) is 0.167. The average molecular weight is 409 g/mol. The van der Waals surface area contributed by atoms with Crippen molar-refractivity contribution in [3.63, 3.8) is 0 Å². The monoisotopic (exact) mass is 409 g/mol. The molecule has 0 saturated carbocycles. The van der Waals surface area contributed by atoms with Crippen molar-refractivity contribution in [1.82, 2.24) is 5.32 Å². The summed E-state index contributed by atoms with van der Waals surface area (Å²) >= 11 is 0. The van der Waals surface area contributed by atoms with Gasteiger partial charge in [-0.1, -0.05) is 43.0 Å². The molecule has 2 aromatic carbocycles. The number of nitrogens with one attached hydrogen (secondary N) is 1. The third kappa shape index (κ3) is 5.91. The summed E-state index contributed by atoms with van der Waals surface area (Å²) in [4.78, 5) is 23.6. The molecule has 0 atom stereocenters. The van der Waals surface area contributed by atoms with Gasteiger partial charge in [-0.25, -0.2) is 9.18 Å². The van der Waals surface area contributed by atoms with Gasteiger partial charge in [0.25, 0.3) is 0 Å². The quantitative estimate of drug-likeness (QED) is 0.467. The predicted molar refractivity (Wildman–Crippen MR) is 115 cm³/mol. The van der Waals surface area contributed by atoms with Crippen molar-refractivity contribution >= 4 is 11.9 Å². The number of carboxylic acids is 1. The Morgan fingerprint density at radius 2 is 1.90 bits per heavy atom. The molecule has 0 spiro atoms. The molecule has 2 rings (SSSR count). The molecule has 0 bridgehead atoms. The van der Waals surface area contributed by atoms with E-state index in [1.54, 1.807) is 13.0 Å². The number of ether oxygens (including phenoxy) is 1. The van der Waals surface area contributed by atoms with Gasteiger partial charge in [0.2, 0.25) is 5.91 Å². The molecule has 0 aliphatic heterocycles. The first-order valence-electron chi connectivity index (χ1n) is 9.35. The van der Waals surface area contributed by atoms with Gasteiger partial charge in [0, 0.05) is 18.1 Å². The summed E-state index contributed by atoms with van der Waals surface area (Å²) in [7, 11) is 1.49. The van der Waals surface area contributed by atoms with Crippen LogP contribution in [0.4, 0.5) is 4.39 Å². The van der Waals surface area contributed by atoms with E-state index in [9.17, 15) is 19.1 Å². The van der Waals surface area contributed by atoms with E-state index >= 15 is 0 Å². The lowest BCUT2D eigenvalue weighted by Crippen LogP contribution is -2.26. The summed E-state index contributed by atoms with van der Waals surface area (Å²) in [6, 6.07) is 11.9. The Kier molecular flexibility index (Phi) is 8.11. The Morgan fingerprint density at radius 3 is 2.47 bits per heavy atom. The molecule has 0 radical (unpaired) electrons. The van der Waals surface area contributed by atoms with Gasteiger partial charge in [0.1, 0.15) is 11.6 Å². The molecule has 0 aliphatic carbocycles. The predicted octanol–water partition coefficient (Wildman–Crippen LogP) is 4.65. The van der Waals surface area contributed by atoms with E-state index in [0.717, 1.165) is 16.7 Å². The minimum Gasteiger partial charge on any atom is -0.496 e. The van der Waals surface area contributed by atoms with Gasteiger partial charge < -0.3 is 15.2 Å². The van der Waals surface area contributed by atoms with Crippen molar-refractivity contribution < 1.29 is 23.8 Å². The minimum absolute atomic E-state index is 0.0292. The topological polar surface area (TPSA) is 75.6 Å². The Hall–Kier alpha value is -3.67. The van der Waals surface area contributed by atoms with E-state index in [4.69, 9.17) is 4.74 Å². The lowest BCUT2D eigenvalue weighted by Gasteiger charge is -2.11. The lowest BCUT2D eigenvalue weighted by molar-refractivity contribution is -0.132. The van der Waals surface area contributed by atoms with Crippen LogP contribution >= 0.6 is 0 Å². The second-order valence-electron chi connectivity index (χ2n) is 6.41. The van der Waals surface area contributed by atoms with Crippen LogP contribution in [0.1, 0.15) is 18.9 Å². The van der Waals surface area contributed by atoms with Crippen molar-refractivity contribution in [2.45, 2.75) is 19.8 Å². The van der Waals surface area contributed by atoms with Crippen LogP contribution in [-0.2, 0) is 16.0 Å². The van der Waals surface area contributed by atoms with Crippen LogP contribution in [0.2, 0.25) is 0 Å². The van der Waals surface area contributed by atoms with Gasteiger partial charge >= 0.3 is 5.97 Å². The molecule has 2 aromatic rings. The Morgan fingerprint density at radius 1 is 1.20 bits per heavy atom. The van der Waals surface area contributed by atoms with Gasteiger partial charge in [-0.15, -0.1) is 0 Å². The number of hydrogen-bond donors (Lipinski definition) is 2. The third-order valence-electron chi connectivity index (χ3n) is 4.44. The van der Waals surface area contributed by atoms with Crippen LogP contribution < -0.4 is 10.1 Å². The molecule has 2 N–H and O–H groups in total. The number of aliphatic carboxylic acids is 1. The number of carbonyl (C=O) groups excluding carboxylic acids is 1. The zero-order valence-corrected chi connectivity index (χ0v) is 16.9. The SMILES string of the molecule is C=C/C=C(C(=O)O)\C(=C/C)NC(=O)CCc1ccc(-c2ccc(F)cc2OC)cc1. The zero-order valence-electron chi connectivity index (χ0n) is 16.9. The Bertz CT molecular complexity index is 991. The van der Waals surface area contributed by atoms with Gasteiger partial charge in [0.15, 0.2) is 0 Å². The largest absolute Gasteiger partial charge is 0.496 e. The minimum atomic E-state index is -1.14. The summed E-state index contributed by atoms with van der Waals surface area (Å²) in [5, 5.41) is 11.9. The summed E-state index contributed by atoms with van der Waals surface area (Å²) < 4.78 is 18.6. The molecular formula is C24H24FNO4. The first-order valence-corrected chi connectivity index (χ1v) is 9.35. The summed E-state index contributed by atoms with van der Waals surface area (Å²) in [6.45, 7) is 5.14. The number of carboxylic acid groups (broad SMARTS) is 1. The average Bonchev–Trinajstić information content (AvgIpc) is 2.74. The van der Waals surface area contributed by atoms with Gasteiger partial charge in [0.05, 0.1) is 18.4 Å². The Balaban J connectivity index is 2.03. The number of amides is 1. The van der Waals surface area contributed by atoms with E-state index in [0.29, 0.717) is 12.2 Å². The van der Waals surface area contributed by atoms with E-state index in [1.807, 2.05) is 24.3 Å². The maximum atomic E-state index is 13.4. The molecule has 5 nitrogen and oxygen atoms in total. The number of hydrogen-bond acceptors (Lipinski definition) is 3. The second kappa shape index (κ2) is 10.8. The van der Waals surface area contributed by atoms with E-state index in [1.165, 1.54) is 37.5 Å². The fourth-order valence-corrected chi connectivity index (χ4v) is 2.91. The molecule has 0 heterocycles. The van der Waals surface area contributed by atoms with Crippen molar-refractivity contribution in [1.29, 1.82) is 0 Å². The molecule has 0 aliphatic rings. The van der Waals surface area contributed by atoms with E-state index in [2.05, 4.69) is 11.9 Å². The normalized spacial score (nSPS) is 11.7. The number of aryl methyl sites for hydroxylation is 1. The molecule has 156 valence electrons. The smallest absolute Gasteiger partial charge is 0.337 e. The fourth-order valence-electron chi connectivity index (χ4n) is 2.91. The zero-order chi connectivity index (χ0) is 22.1. The van der Waals surface area contributed by atoms with Crippen LogP contribution in [0.15, 0.2) is 78.5 Å². The van der Waals surface area contributed by atoms with E-state index < -0.39 is 5.97 Å². The number of allylic oxidation sites excluding steroid dienone is 3. The summed E-state index contributed by atoms with van der Waals surface area (Å²) in [5.74, 6) is -1.35. The maximum absolute atomic E-state index is 13.4. The van der Waals surface area contributed by atoms with Crippen molar-refractivity contribution in [3.05, 3.63) is 89.9 Å². The molecule has 0 unspecified atom stereocenters. The summed E-state index contributed by atoms with van der Waals surface area (Å²) in [5.41, 5.74) is 2.79. The number of rotatable bonds is 9. The van der Waals surface area contributed by atoms with Gasteiger partial charge in [-0.2, -0.15) is 0 Å². The van der Waals surface area contributed by atoms with Gasteiger partial charge in [-0.3, -0.25) is 4.79 Å². The van der Waals surface area contributed by atoms with Crippen LogP contribution in [-0.4, -0.2) is 24.1 Å². The summed E-state index contributed by atoms with van der Waals surface area (Å²) in [6.07, 6.45) is 4.90. The first kappa shape index (κ1) is 22.6. The highest BCUT2D eigenvalue weighted by atomic mass is 19.1. The first-order chi connectivity index (χ1) is 14.4. The highest BCUT2D eigenvalue weighted by Crippen LogP contribution is 2.30. The Labute approximate surface area is 175 Å². The van der Waals surface area contributed by atoms with Crippen LogP contribution in [0.25, 0.3) is 11.1 Å². The number of methoxy groups -OCH3 is 1. The van der Waals surface area contributed by atoms with Crippen molar-refractivity contribution in [3.8, 4) is 16.9 Å². The van der Waals surface area contributed by atoms with Crippen molar-refractivity contribution in [2.75, 3.05) is 7.11 Å². The number of benzene rings is 2. The lowest BCUT2D eigenvalue weighted by atomic mass is 10.0. The second-order valence-corrected chi connectivity index (χ2v) is 6.41. The molecule has 0 saturated heterocycles. The highest BCUT2D eigenvalue weighted by Gasteiger charge is 2.14. The molecule has 0 fully saturated rings. The van der Waals surface area contributed by atoms with Crippen molar-refractivity contribution in [2.24, 2.45) is 0 Å². The van der Waals surface area contributed by atoms with Crippen LogP contribution in [0.5, 0.6) is 5.75 Å². The van der Waals surface area contributed by atoms with E-state index in [-0.39, 0.29) is 29.4 Å². The number of carbonyl (C=O) groups is 2. The molecule has 1 amide bonds. The maximum Gasteiger partial charge on any atom is 0.337 e. The molecule has 0 aromatic heterocycles. The molecule has 30 heavy (non-hydrogen) atoms. The third-order valence-corrected chi connectivity index (χ3v) is 4.44. The highest BCUT2D eigenvalue weighted by molar-refractivity contribution is 5.94. The van der Waals surface area contributed by atoms with Crippen LogP contribution in [0, 0.1) is 5.82 Å². The molecular weight excluding hydrogens is 385 g/mol. The molecule has 6 heteroatoms.